The maximum Gasteiger partial charge on any atom is 0.334 e. The lowest BCUT2D eigenvalue weighted by atomic mass is 9.67. The molecule has 7 atom stereocenters. The van der Waals surface area contributed by atoms with Crippen molar-refractivity contribution in [2.45, 2.75) is 46.0 Å². The van der Waals surface area contributed by atoms with Crippen molar-refractivity contribution in [1.82, 2.24) is 0 Å². The summed E-state index contributed by atoms with van der Waals surface area (Å²) in [7, 11) is 0. The molecule has 0 aromatic heterocycles. The average molecular weight is 360 g/mol. The second-order valence-electron chi connectivity index (χ2n) is 7.88. The molecule has 3 aliphatic rings. The van der Waals surface area contributed by atoms with Crippen molar-refractivity contribution >= 4 is 17.7 Å². The Balaban J connectivity index is 2.12. The van der Waals surface area contributed by atoms with Crippen molar-refractivity contribution in [3.63, 3.8) is 0 Å². The van der Waals surface area contributed by atoms with Crippen molar-refractivity contribution in [3.05, 3.63) is 36.0 Å². The lowest BCUT2D eigenvalue weighted by Crippen LogP contribution is -2.49. The van der Waals surface area contributed by atoms with E-state index in [0.29, 0.717) is 0 Å². The van der Waals surface area contributed by atoms with Gasteiger partial charge in [-0.15, -0.1) is 0 Å². The van der Waals surface area contributed by atoms with Crippen LogP contribution in [0.1, 0.15) is 27.7 Å². The Hall–Kier alpha value is -2.21. The fraction of sp³-hybridized carbons (Fsp3) is 0.550. The molecule has 1 aliphatic heterocycles. The number of aliphatic hydroxyl groups is 1. The second kappa shape index (κ2) is 6.20. The van der Waals surface area contributed by atoms with E-state index in [4.69, 9.17) is 9.47 Å². The first kappa shape index (κ1) is 18.6. The van der Waals surface area contributed by atoms with Gasteiger partial charge in [-0.1, -0.05) is 25.2 Å². The maximum absolute atomic E-state index is 12.8. The molecule has 0 aromatic carbocycles. The van der Waals surface area contributed by atoms with Crippen molar-refractivity contribution in [1.29, 1.82) is 0 Å². The van der Waals surface area contributed by atoms with E-state index in [-0.39, 0.29) is 23.2 Å². The fourth-order valence-electron chi connectivity index (χ4n) is 4.51. The highest BCUT2D eigenvalue weighted by Crippen LogP contribution is 2.54. The van der Waals surface area contributed by atoms with Crippen molar-refractivity contribution in [3.8, 4) is 0 Å². The lowest BCUT2D eigenvalue weighted by Gasteiger charge is -2.39. The summed E-state index contributed by atoms with van der Waals surface area (Å²) in [6.07, 6.45) is 1.72. The fourth-order valence-corrected chi connectivity index (χ4v) is 4.51. The maximum atomic E-state index is 12.8. The molecule has 0 amide bonds. The van der Waals surface area contributed by atoms with Gasteiger partial charge < -0.3 is 14.6 Å². The van der Waals surface area contributed by atoms with E-state index in [1.165, 1.54) is 12.2 Å². The van der Waals surface area contributed by atoms with E-state index in [9.17, 15) is 19.5 Å². The van der Waals surface area contributed by atoms with E-state index < -0.39 is 41.6 Å². The second-order valence-corrected chi connectivity index (χ2v) is 7.88. The minimum absolute atomic E-state index is 0.123. The monoisotopic (exact) mass is 360 g/mol. The number of allylic oxidation sites excluding steroid dienone is 3. The van der Waals surface area contributed by atoms with Crippen LogP contribution in [-0.2, 0) is 23.9 Å². The van der Waals surface area contributed by atoms with Crippen LogP contribution in [0.15, 0.2) is 36.0 Å². The van der Waals surface area contributed by atoms with Crippen LogP contribution in [0.2, 0.25) is 0 Å². The van der Waals surface area contributed by atoms with Crippen LogP contribution in [0.5, 0.6) is 0 Å². The van der Waals surface area contributed by atoms with Crippen LogP contribution in [-0.4, -0.2) is 41.1 Å². The first-order valence-electron chi connectivity index (χ1n) is 8.75. The van der Waals surface area contributed by atoms with E-state index >= 15 is 0 Å². The predicted molar refractivity (Wildman–Crippen MR) is 92.7 cm³/mol. The summed E-state index contributed by atoms with van der Waals surface area (Å²) < 4.78 is 11.1. The minimum Gasteiger partial charge on any atom is -0.457 e. The summed E-state index contributed by atoms with van der Waals surface area (Å²) in [5, 5.41) is 10.8. The number of hydrogen-bond acceptors (Lipinski definition) is 6. The highest BCUT2D eigenvalue weighted by molar-refractivity contribution is 5.99. The van der Waals surface area contributed by atoms with Crippen LogP contribution in [0, 0.1) is 23.2 Å². The summed E-state index contributed by atoms with van der Waals surface area (Å²) in [5.41, 5.74) is -0.219. The molecule has 3 rings (SSSR count). The Kier molecular flexibility index (Phi) is 4.43. The van der Waals surface area contributed by atoms with Crippen LogP contribution in [0.4, 0.5) is 0 Å². The molecular formula is C20H24O6. The zero-order valence-corrected chi connectivity index (χ0v) is 15.4. The zero-order chi connectivity index (χ0) is 19.4. The largest absolute Gasteiger partial charge is 0.457 e. The van der Waals surface area contributed by atoms with Gasteiger partial charge in [0.1, 0.15) is 12.2 Å². The molecule has 6 nitrogen and oxygen atoms in total. The molecule has 1 heterocycles. The molecule has 7 unspecified atom stereocenters. The van der Waals surface area contributed by atoms with E-state index in [1.807, 2.05) is 6.92 Å². The first-order chi connectivity index (χ1) is 12.1. The summed E-state index contributed by atoms with van der Waals surface area (Å²) >= 11 is 0. The molecule has 26 heavy (non-hydrogen) atoms. The van der Waals surface area contributed by atoms with E-state index in [0.717, 1.165) is 5.57 Å². The van der Waals surface area contributed by atoms with Gasteiger partial charge in [0.15, 0.2) is 5.78 Å². The third kappa shape index (κ3) is 2.55. The van der Waals surface area contributed by atoms with Crippen LogP contribution in [0.25, 0.3) is 0 Å². The Morgan fingerprint density at radius 1 is 1.38 bits per heavy atom. The number of fused-ring (bicyclic) bond motifs is 2. The van der Waals surface area contributed by atoms with Gasteiger partial charge >= 0.3 is 11.9 Å². The molecule has 6 heteroatoms. The molecule has 0 bridgehead atoms. The smallest absolute Gasteiger partial charge is 0.334 e. The summed E-state index contributed by atoms with van der Waals surface area (Å²) in [6, 6.07) is 0. The van der Waals surface area contributed by atoms with Gasteiger partial charge in [-0.2, -0.15) is 0 Å². The molecule has 1 N–H and O–H groups in total. The molecule has 140 valence electrons. The van der Waals surface area contributed by atoms with Gasteiger partial charge in [0.25, 0.3) is 0 Å². The number of carbonyl (C=O) groups excluding carboxylic acids is 3. The normalized spacial score (nSPS) is 41.2. The van der Waals surface area contributed by atoms with Crippen molar-refractivity contribution in [2.75, 3.05) is 0 Å². The van der Waals surface area contributed by atoms with Gasteiger partial charge in [0, 0.05) is 11.6 Å². The Morgan fingerprint density at radius 3 is 2.65 bits per heavy atom. The molecule has 0 spiro atoms. The molecule has 1 saturated heterocycles. The van der Waals surface area contributed by atoms with Gasteiger partial charge in [-0.05, 0) is 38.7 Å². The summed E-state index contributed by atoms with van der Waals surface area (Å²) in [5.74, 6) is -2.88. The zero-order valence-electron chi connectivity index (χ0n) is 15.4. The Labute approximate surface area is 152 Å². The van der Waals surface area contributed by atoms with Crippen molar-refractivity contribution in [2.24, 2.45) is 23.2 Å². The van der Waals surface area contributed by atoms with E-state index in [1.54, 1.807) is 26.8 Å². The Bertz CT molecular complexity index is 743. The quantitative estimate of drug-likeness (QED) is 0.596. The van der Waals surface area contributed by atoms with Gasteiger partial charge in [-0.25, -0.2) is 9.59 Å². The topological polar surface area (TPSA) is 89.9 Å². The number of carbonyl (C=O) groups is 3. The highest BCUT2D eigenvalue weighted by atomic mass is 16.6. The predicted octanol–water partition coefficient (Wildman–Crippen LogP) is 1.73. The number of esters is 2. The first-order valence-corrected chi connectivity index (χ1v) is 8.75. The Morgan fingerprint density at radius 2 is 2.04 bits per heavy atom. The molecule has 1 saturated carbocycles. The molecule has 2 aliphatic carbocycles. The number of aliphatic hydroxyl groups excluding tert-OH is 1. The van der Waals surface area contributed by atoms with E-state index in [2.05, 4.69) is 6.58 Å². The number of ketones is 1. The van der Waals surface area contributed by atoms with Gasteiger partial charge in [0.2, 0.25) is 0 Å². The lowest BCUT2D eigenvalue weighted by molar-refractivity contribution is -0.160. The minimum atomic E-state index is -1.10. The van der Waals surface area contributed by atoms with Crippen LogP contribution in [0.3, 0.4) is 0 Å². The number of rotatable bonds is 2. The van der Waals surface area contributed by atoms with Gasteiger partial charge in [-0.3, -0.25) is 4.79 Å². The molecule has 2 fully saturated rings. The number of ether oxygens (including phenoxy) is 2. The number of hydrogen-bond donors (Lipinski definition) is 1. The molecule has 0 aromatic rings. The standard InChI is InChI=1S/C20H24O6/c1-9(2)8-14(22)25-18-15-11(4)19(24)26-17(15)16(23)10(3)12-6-7-13(21)20(12,18)5/h6-8,10,12,15-18,23H,4H2,1-3,5H3. The summed E-state index contributed by atoms with van der Waals surface area (Å²) in [4.78, 5) is 37.3. The third-order valence-electron chi connectivity index (χ3n) is 5.95. The molecule has 0 radical (unpaired) electrons. The van der Waals surface area contributed by atoms with Crippen LogP contribution >= 0.6 is 0 Å². The highest BCUT2D eigenvalue weighted by Gasteiger charge is 2.64. The average Bonchev–Trinajstić information content (AvgIpc) is 2.99. The third-order valence-corrected chi connectivity index (χ3v) is 5.95. The SMILES string of the molecule is C=C1C(=O)OC2C(O)C(C)C3C=CC(=O)C3(C)C(OC(=O)C=C(C)C)C12. The van der Waals surface area contributed by atoms with Crippen LogP contribution < -0.4 is 0 Å². The molecular weight excluding hydrogens is 336 g/mol. The van der Waals surface area contributed by atoms with Crippen molar-refractivity contribution < 1.29 is 29.0 Å². The van der Waals surface area contributed by atoms with Gasteiger partial charge in [0.05, 0.1) is 17.4 Å². The summed E-state index contributed by atoms with van der Waals surface area (Å²) in [6.45, 7) is 10.8.